The molecule has 11 heteroatoms. The summed E-state index contributed by atoms with van der Waals surface area (Å²) < 4.78 is 11.0. The quantitative estimate of drug-likeness (QED) is 0.497. The molecule has 2 aromatic heterocycles. The number of aromatic nitrogens is 2. The van der Waals surface area contributed by atoms with Crippen LogP contribution in [-0.2, 0) is 20.7 Å². The van der Waals surface area contributed by atoms with Gasteiger partial charge in [-0.05, 0) is 44.2 Å². The van der Waals surface area contributed by atoms with Gasteiger partial charge in [0.15, 0.2) is 0 Å². The second-order valence-corrected chi connectivity index (χ2v) is 9.20. The Hall–Kier alpha value is -3.15. The molecule has 1 saturated heterocycles. The first-order chi connectivity index (χ1) is 17.1. The van der Waals surface area contributed by atoms with Crippen LogP contribution in [0.3, 0.4) is 0 Å². The summed E-state index contributed by atoms with van der Waals surface area (Å²) in [6.07, 6.45) is 7.50. The van der Waals surface area contributed by atoms with Gasteiger partial charge in [0.1, 0.15) is 16.4 Å². The van der Waals surface area contributed by atoms with E-state index in [-0.39, 0.29) is 29.7 Å². The SMILES string of the molecule is N=C1C(=O)NCCOCCCCc2cc(ccn2)-c2nc(cs2)C(=O)N/C1=C/NC1CCOCC1. The third-order valence-electron chi connectivity index (χ3n) is 5.73. The Labute approximate surface area is 208 Å². The van der Waals surface area contributed by atoms with Crippen molar-refractivity contribution in [2.24, 2.45) is 0 Å². The van der Waals surface area contributed by atoms with E-state index in [1.54, 1.807) is 11.6 Å². The number of aryl methyl sites for hydroxylation is 1. The summed E-state index contributed by atoms with van der Waals surface area (Å²) in [7, 11) is 0. The fraction of sp³-hybridized carbons (Fsp3) is 0.458. The van der Waals surface area contributed by atoms with Gasteiger partial charge in [0.2, 0.25) is 0 Å². The maximum atomic E-state index is 13.0. The van der Waals surface area contributed by atoms with Crippen molar-refractivity contribution < 1.29 is 19.1 Å². The van der Waals surface area contributed by atoms with Gasteiger partial charge in [-0.2, -0.15) is 0 Å². The van der Waals surface area contributed by atoms with Crippen molar-refractivity contribution in [3.05, 3.63) is 47.0 Å². The van der Waals surface area contributed by atoms with Crippen molar-refractivity contribution in [2.75, 3.05) is 33.0 Å². The third-order valence-corrected chi connectivity index (χ3v) is 6.62. The number of rotatable bonds is 2. The van der Waals surface area contributed by atoms with Crippen LogP contribution in [0.25, 0.3) is 10.6 Å². The van der Waals surface area contributed by atoms with Crippen LogP contribution < -0.4 is 16.0 Å². The third kappa shape index (κ3) is 7.17. The molecular weight excluding hydrogens is 468 g/mol. The van der Waals surface area contributed by atoms with Gasteiger partial charge in [-0.3, -0.25) is 20.0 Å². The number of fused-ring (bicyclic) bond motifs is 5. The number of pyridine rings is 1. The van der Waals surface area contributed by atoms with Gasteiger partial charge in [0.25, 0.3) is 11.8 Å². The molecular formula is C24H30N6O4S. The summed E-state index contributed by atoms with van der Waals surface area (Å²) in [6, 6.07) is 4.01. The molecule has 2 aliphatic heterocycles. The standard InChI is InChI=1S/C24H30N6O4S/c25-21-19(14-28-17-5-10-34-11-6-17)29-22(31)20-15-35-24(30-20)16-4-7-26-18(13-16)3-1-2-9-33-12-8-27-23(21)32/h4,7,13-15,17,25,28H,1-3,5-6,8-12H2,(H,27,32)(H,29,31)/b19-14+,25-21?. The molecule has 2 aliphatic rings. The zero-order chi connectivity index (χ0) is 24.5. The number of amides is 2. The van der Waals surface area contributed by atoms with E-state index in [1.165, 1.54) is 17.5 Å². The van der Waals surface area contributed by atoms with E-state index >= 15 is 0 Å². The molecule has 10 nitrogen and oxygen atoms in total. The largest absolute Gasteiger partial charge is 0.386 e. The molecule has 1 fully saturated rings. The van der Waals surface area contributed by atoms with Crippen LogP contribution in [0.15, 0.2) is 35.6 Å². The molecule has 0 aromatic carbocycles. The zero-order valence-corrected chi connectivity index (χ0v) is 20.3. The van der Waals surface area contributed by atoms with Crippen molar-refractivity contribution in [2.45, 2.75) is 38.1 Å². The first kappa shape index (κ1) is 25.0. The fourth-order valence-corrected chi connectivity index (χ4v) is 4.54. The van der Waals surface area contributed by atoms with Crippen LogP contribution in [0.5, 0.6) is 0 Å². The lowest BCUT2D eigenvalue weighted by molar-refractivity contribution is -0.115. The first-order valence-corrected chi connectivity index (χ1v) is 12.7. The van der Waals surface area contributed by atoms with Crippen LogP contribution in [0.4, 0.5) is 0 Å². The minimum Gasteiger partial charge on any atom is -0.386 e. The van der Waals surface area contributed by atoms with Crippen LogP contribution in [0.1, 0.15) is 41.9 Å². The molecule has 2 amide bonds. The lowest BCUT2D eigenvalue weighted by Crippen LogP contribution is -2.40. The molecule has 4 heterocycles. The molecule has 2 aromatic rings. The van der Waals surface area contributed by atoms with Crippen molar-refractivity contribution in [1.29, 1.82) is 5.41 Å². The second kappa shape index (κ2) is 12.5. The second-order valence-electron chi connectivity index (χ2n) is 8.34. The zero-order valence-electron chi connectivity index (χ0n) is 19.5. The van der Waals surface area contributed by atoms with Crippen LogP contribution >= 0.6 is 11.3 Å². The van der Waals surface area contributed by atoms with Gasteiger partial charge < -0.3 is 25.4 Å². The summed E-state index contributed by atoms with van der Waals surface area (Å²) >= 11 is 1.36. The number of ether oxygens (including phenoxy) is 2. The Morgan fingerprint density at radius 1 is 1.11 bits per heavy atom. The number of nitrogens with one attached hydrogen (secondary N) is 4. The molecule has 0 saturated carbocycles. The average molecular weight is 499 g/mol. The lowest BCUT2D eigenvalue weighted by atomic mass is 10.1. The van der Waals surface area contributed by atoms with E-state index in [1.807, 2.05) is 12.1 Å². The van der Waals surface area contributed by atoms with Gasteiger partial charge in [0, 0.05) is 61.4 Å². The topological polar surface area (TPSA) is 138 Å². The Morgan fingerprint density at radius 2 is 1.94 bits per heavy atom. The predicted octanol–water partition coefficient (Wildman–Crippen LogP) is 2.03. The normalized spacial score (nSPS) is 20.3. The summed E-state index contributed by atoms with van der Waals surface area (Å²) in [6.45, 7) is 2.49. The number of thiazole rings is 1. The Morgan fingerprint density at radius 3 is 2.80 bits per heavy atom. The van der Waals surface area contributed by atoms with Crippen LogP contribution in [0, 0.1) is 5.41 Å². The van der Waals surface area contributed by atoms with E-state index in [9.17, 15) is 9.59 Å². The van der Waals surface area contributed by atoms with Crippen molar-refractivity contribution >= 4 is 28.9 Å². The van der Waals surface area contributed by atoms with E-state index in [0.29, 0.717) is 31.4 Å². The van der Waals surface area contributed by atoms with Gasteiger partial charge in [-0.25, -0.2) is 4.98 Å². The smallest absolute Gasteiger partial charge is 0.275 e. The predicted molar refractivity (Wildman–Crippen MR) is 132 cm³/mol. The summed E-state index contributed by atoms with van der Waals surface area (Å²) in [4.78, 5) is 34.5. The highest BCUT2D eigenvalue weighted by molar-refractivity contribution is 7.13. The fourth-order valence-electron chi connectivity index (χ4n) is 3.74. The van der Waals surface area contributed by atoms with Crippen molar-refractivity contribution in [3.63, 3.8) is 0 Å². The molecule has 4 bridgehead atoms. The minimum atomic E-state index is -0.590. The van der Waals surface area contributed by atoms with E-state index < -0.39 is 11.8 Å². The molecule has 4 rings (SSSR count). The summed E-state index contributed by atoms with van der Waals surface area (Å²) in [5.41, 5.74) is 1.83. The molecule has 4 N–H and O–H groups in total. The molecule has 0 aliphatic carbocycles. The number of carbonyl (C=O) groups is 2. The van der Waals surface area contributed by atoms with Crippen LogP contribution in [0.2, 0.25) is 0 Å². The summed E-state index contributed by atoms with van der Waals surface area (Å²) in [5.74, 6) is -1.08. The van der Waals surface area contributed by atoms with Gasteiger partial charge in [-0.1, -0.05) is 0 Å². The highest BCUT2D eigenvalue weighted by atomic mass is 32.1. The number of carbonyl (C=O) groups excluding carboxylic acids is 2. The maximum absolute atomic E-state index is 13.0. The Kier molecular flexibility index (Phi) is 8.93. The molecule has 0 radical (unpaired) electrons. The van der Waals surface area contributed by atoms with Crippen LogP contribution in [-0.4, -0.2) is 66.5 Å². The van der Waals surface area contributed by atoms with Crippen molar-refractivity contribution in [1.82, 2.24) is 25.9 Å². The highest BCUT2D eigenvalue weighted by Crippen LogP contribution is 2.24. The van der Waals surface area contributed by atoms with Gasteiger partial charge in [-0.15, -0.1) is 11.3 Å². The lowest BCUT2D eigenvalue weighted by Gasteiger charge is -2.23. The molecule has 0 atom stereocenters. The van der Waals surface area contributed by atoms with E-state index in [0.717, 1.165) is 43.4 Å². The number of hydrogen-bond donors (Lipinski definition) is 4. The summed E-state index contributed by atoms with van der Waals surface area (Å²) in [5, 5.41) is 19.4. The van der Waals surface area contributed by atoms with Crippen molar-refractivity contribution in [3.8, 4) is 10.6 Å². The number of hydrogen-bond acceptors (Lipinski definition) is 9. The first-order valence-electron chi connectivity index (χ1n) is 11.8. The molecule has 186 valence electrons. The molecule has 0 spiro atoms. The maximum Gasteiger partial charge on any atom is 0.275 e. The Balaban J connectivity index is 1.56. The van der Waals surface area contributed by atoms with Gasteiger partial charge >= 0.3 is 0 Å². The average Bonchev–Trinajstić information content (AvgIpc) is 3.38. The molecule has 0 unspecified atom stereocenters. The van der Waals surface area contributed by atoms with E-state index in [2.05, 4.69) is 25.9 Å². The number of nitrogens with zero attached hydrogens (tertiary/aromatic N) is 2. The highest BCUT2D eigenvalue weighted by Gasteiger charge is 2.21. The monoisotopic (exact) mass is 498 g/mol. The van der Waals surface area contributed by atoms with E-state index in [4.69, 9.17) is 14.9 Å². The van der Waals surface area contributed by atoms with Gasteiger partial charge in [0.05, 0.1) is 12.3 Å². The molecule has 35 heavy (non-hydrogen) atoms. The minimum absolute atomic E-state index is 0.0820. The Bertz CT molecular complexity index is 1080.